The van der Waals surface area contributed by atoms with Crippen molar-refractivity contribution in [2.45, 2.75) is 37.3 Å². The van der Waals surface area contributed by atoms with Gasteiger partial charge in [-0.25, -0.2) is 0 Å². The average Bonchev–Trinajstić information content (AvgIpc) is 2.93. The van der Waals surface area contributed by atoms with Crippen LogP contribution in [-0.4, -0.2) is 41.8 Å². The molecule has 2 atom stereocenters. The fourth-order valence-electron chi connectivity index (χ4n) is 4.48. The molecule has 8 heteroatoms. The zero-order chi connectivity index (χ0) is 19.7. The van der Waals surface area contributed by atoms with Gasteiger partial charge in [-0.1, -0.05) is 0 Å². The van der Waals surface area contributed by atoms with E-state index in [0.717, 1.165) is 48.9 Å². The molecular weight excluding hydrogens is 470 g/mol. The topological polar surface area (TPSA) is 80.8 Å². The van der Waals surface area contributed by atoms with E-state index in [4.69, 9.17) is 15.2 Å². The van der Waals surface area contributed by atoms with Gasteiger partial charge >= 0.3 is 0 Å². The minimum atomic E-state index is -0.276. The number of aliphatic hydroxyl groups is 1. The van der Waals surface area contributed by atoms with E-state index in [1.54, 1.807) is 31.6 Å². The van der Waals surface area contributed by atoms with Crippen LogP contribution in [-0.2, 0) is 12.0 Å². The van der Waals surface area contributed by atoms with E-state index < -0.39 is 0 Å². The van der Waals surface area contributed by atoms with E-state index in [9.17, 15) is 5.11 Å². The van der Waals surface area contributed by atoms with Crippen molar-refractivity contribution in [2.24, 2.45) is 0 Å². The highest BCUT2D eigenvalue weighted by Crippen LogP contribution is 2.56. The number of methoxy groups -OCH3 is 1. The van der Waals surface area contributed by atoms with Crippen LogP contribution in [0.2, 0.25) is 0 Å². The summed E-state index contributed by atoms with van der Waals surface area (Å²) < 4.78 is 11.6. The fourth-order valence-corrected chi connectivity index (χ4v) is 4.48. The predicted octanol–water partition coefficient (Wildman–Crippen LogP) is 3.86. The van der Waals surface area contributed by atoms with Crippen LogP contribution in [0.4, 0.5) is 5.69 Å². The van der Waals surface area contributed by atoms with Crippen molar-refractivity contribution < 1.29 is 14.6 Å². The molecule has 0 amide bonds. The maximum Gasteiger partial charge on any atom is 0.135 e. The number of halogens is 2. The molecule has 3 N–H and O–H groups in total. The molecule has 0 radical (unpaired) electrons. The number of nitrogens with two attached hydrogens (primary N) is 1. The van der Waals surface area contributed by atoms with Gasteiger partial charge in [0.15, 0.2) is 0 Å². The molecule has 5 rings (SSSR count). The third kappa shape index (κ3) is 4.59. The molecule has 6 nitrogen and oxygen atoms in total. The third-order valence-corrected chi connectivity index (χ3v) is 5.79. The quantitative estimate of drug-likeness (QED) is 0.621. The van der Waals surface area contributed by atoms with Gasteiger partial charge in [0.05, 0.1) is 18.6 Å². The standard InChI is InChI=1S/C17H21NO3.C5H6N2.BrH.ClH/c1-18-6-5-17-9-12(19)3-4-15(17)21-14-8-13(20-2)7-11(10-18)16(14)17;6-5-1-3-7-4-2-5;;/h4,7-8,12,19H,3,5-6,9-10H2,1-2H3;1-4H,(H2,6,7);2*1H/t12-,17-;;;/m1.../s1. The van der Waals surface area contributed by atoms with Gasteiger partial charge in [0.2, 0.25) is 0 Å². The first kappa shape index (κ1) is 24.5. The summed E-state index contributed by atoms with van der Waals surface area (Å²) in [5, 5.41) is 10.2. The fraction of sp³-hybridized carbons (Fsp3) is 0.409. The van der Waals surface area contributed by atoms with Gasteiger partial charge in [0.25, 0.3) is 0 Å². The Hall–Kier alpha value is -1.80. The zero-order valence-corrected chi connectivity index (χ0v) is 19.7. The molecule has 0 saturated heterocycles. The molecule has 0 saturated carbocycles. The average molecular weight is 499 g/mol. The second kappa shape index (κ2) is 10.0. The normalized spacial score (nSPS) is 23.6. The van der Waals surface area contributed by atoms with E-state index in [2.05, 4.69) is 29.1 Å². The molecule has 2 aliphatic heterocycles. The molecule has 164 valence electrons. The van der Waals surface area contributed by atoms with E-state index >= 15 is 0 Å². The number of nitrogen functional groups attached to an aromatic ring is 1. The van der Waals surface area contributed by atoms with Crippen molar-refractivity contribution in [2.75, 3.05) is 26.4 Å². The number of rotatable bonds is 1. The highest BCUT2D eigenvalue weighted by Gasteiger charge is 2.50. The van der Waals surface area contributed by atoms with Gasteiger partial charge in [-0.3, -0.25) is 4.98 Å². The summed E-state index contributed by atoms with van der Waals surface area (Å²) in [6.07, 6.45) is 7.58. The lowest BCUT2D eigenvalue weighted by molar-refractivity contribution is 0.117. The van der Waals surface area contributed by atoms with E-state index in [1.165, 1.54) is 11.1 Å². The molecule has 1 aliphatic carbocycles. The second-order valence-corrected chi connectivity index (χ2v) is 7.77. The molecule has 30 heavy (non-hydrogen) atoms. The lowest BCUT2D eigenvalue weighted by atomic mass is 9.69. The maximum atomic E-state index is 10.2. The zero-order valence-electron chi connectivity index (χ0n) is 17.2. The number of aromatic nitrogens is 1. The van der Waals surface area contributed by atoms with Crippen LogP contribution in [0.1, 0.15) is 30.4 Å². The number of aliphatic hydroxyl groups excluding tert-OH is 1. The van der Waals surface area contributed by atoms with Crippen molar-refractivity contribution in [1.29, 1.82) is 0 Å². The first-order chi connectivity index (χ1) is 13.5. The number of allylic oxidation sites excluding steroid dienone is 1. The number of pyridine rings is 1. The number of anilines is 1. The molecule has 3 aliphatic rings. The van der Waals surface area contributed by atoms with Crippen molar-refractivity contribution in [3.8, 4) is 11.5 Å². The minimum Gasteiger partial charge on any atom is -0.497 e. The van der Waals surface area contributed by atoms with Gasteiger partial charge in [-0.2, -0.15) is 0 Å². The molecular formula is C22H29BrClN3O3. The minimum absolute atomic E-state index is 0. The molecule has 1 spiro atoms. The molecule has 0 bridgehead atoms. The van der Waals surface area contributed by atoms with Crippen molar-refractivity contribution in [3.05, 3.63) is 59.6 Å². The molecule has 2 aromatic rings. The van der Waals surface area contributed by atoms with Gasteiger partial charge in [0.1, 0.15) is 17.3 Å². The number of hydrogen-bond donors (Lipinski definition) is 2. The Bertz CT molecular complexity index is 897. The summed E-state index contributed by atoms with van der Waals surface area (Å²) in [7, 11) is 3.84. The molecule has 1 aromatic heterocycles. The number of ether oxygens (including phenoxy) is 2. The van der Waals surface area contributed by atoms with E-state index in [1.807, 2.05) is 6.07 Å². The van der Waals surface area contributed by atoms with Crippen LogP contribution >= 0.6 is 29.4 Å². The number of benzene rings is 1. The van der Waals surface area contributed by atoms with Crippen molar-refractivity contribution in [3.63, 3.8) is 0 Å². The SMILES string of the molecule is Br.COc1cc2c3c(c1)OC1=CC[C@@H](O)C[C@]13CCN(C)C2.Cl.Nc1ccncc1. The van der Waals surface area contributed by atoms with Crippen molar-refractivity contribution in [1.82, 2.24) is 9.88 Å². The highest BCUT2D eigenvalue weighted by molar-refractivity contribution is 8.93. The first-order valence-corrected chi connectivity index (χ1v) is 9.64. The maximum absolute atomic E-state index is 10.2. The summed E-state index contributed by atoms with van der Waals surface area (Å²) in [5.41, 5.74) is 8.48. The van der Waals surface area contributed by atoms with Gasteiger partial charge in [-0.05, 0) is 62.7 Å². The lowest BCUT2D eigenvalue weighted by Crippen LogP contribution is -2.36. The van der Waals surface area contributed by atoms with Gasteiger partial charge < -0.3 is 25.2 Å². The van der Waals surface area contributed by atoms with Crippen LogP contribution in [0, 0.1) is 0 Å². The Morgan fingerprint density at radius 3 is 2.67 bits per heavy atom. The Morgan fingerprint density at radius 2 is 2.03 bits per heavy atom. The summed E-state index contributed by atoms with van der Waals surface area (Å²) in [4.78, 5) is 6.10. The van der Waals surface area contributed by atoms with Crippen LogP contribution in [0.25, 0.3) is 0 Å². The first-order valence-electron chi connectivity index (χ1n) is 9.64. The highest BCUT2D eigenvalue weighted by atomic mass is 79.9. The van der Waals surface area contributed by atoms with Gasteiger partial charge in [0, 0.05) is 36.3 Å². The van der Waals surface area contributed by atoms with Crippen LogP contribution in [0.3, 0.4) is 0 Å². The number of hydrogen-bond acceptors (Lipinski definition) is 6. The van der Waals surface area contributed by atoms with Crippen LogP contribution in [0.5, 0.6) is 11.5 Å². The summed E-state index contributed by atoms with van der Waals surface area (Å²) in [6, 6.07) is 7.60. The molecule has 0 unspecified atom stereocenters. The van der Waals surface area contributed by atoms with Crippen LogP contribution in [0.15, 0.2) is 48.5 Å². The summed E-state index contributed by atoms with van der Waals surface area (Å²) in [5.74, 6) is 2.79. The Morgan fingerprint density at radius 1 is 1.30 bits per heavy atom. The summed E-state index contributed by atoms with van der Waals surface area (Å²) in [6.45, 7) is 1.90. The molecule has 3 heterocycles. The number of nitrogens with zero attached hydrogens (tertiary/aromatic N) is 2. The lowest BCUT2D eigenvalue weighted by Gasteiger charge is -2.34. The summed E-state index contributed by atoms with van der Waals surface area (Å²) >= 11 is 0. The Kier molecular flexibility index (Phi) is 8.16. The van der Waals surface area contributed by atoms with E-state index in [0.29, 0.717) is 6.42 Å². The van der Waals surface area contributed by atoms with Crippen molar-refractivity contribution >= 4 is 35.1 Å². The Labute approximate surface area is 194 Å². The second-order valence-electron chi connectivity index (χ2n) is 7.77. The largest absolute Gasteiger partial charge is 0.497 e. The molecule has 1 aromatic carbocycles. The third-order valence-electron chi connectivity index (χ3n) is 5.79. The molecule has 0 fully saturated rings. The van der Waals surface area contributed by atoms with Gasteiger partial charge in [-0.15, -0.1) is 29.4 Å². The Balaban J connectivity index is 0.000000307. The smallest absolute Gasteiger partial charge is 0.135 e. The van der Waals surface area contributed by atoms with Crippen LogP contribution < -0.4 is 15.2 Å². The monoisotopic (exact) mass is 497 g/mol. The predicted molar refractivity (Wildman–Crippen MR) is 126 cm³/mol. The van der Waals surface area contributed by atoms with E-state index in [-0.39, 0.29) is 40.9 Å².